The fourth-order valence-corrected chi connectivity index (χ4v) is 4.51. The van der Waals surface area contributed by atoms with E-state index < -0.39 is 27.8 Å². The Hall–Kier alpha value is -3.12. The lowest BCUT2D eigenvalue weighted by molar-refractivity contribution is 0.0944. The number of nitriles is 1. The average Bonchev–Trinajstić information content (AvgIpc) is 2.74. The van der Waals surface area contributed by atoms with Crippen LogP contribution >= 0.6 is 23.2 Å². The first-order valence-corrected chi connectivity index (χ1v) is 11.0. The number of rotatable bonds is 6. The third kappa shape index (κ3) is 5.33. The first kappa shape index (κ1) is 22.6. The Morgan fingerprint density at radius 2 is 1.71 bits per heavy atom. The molecule has 10 heteroatoms. The highest BCUT2D eigenvalue weighted by Gasteiger charge is 2.20. The highest BCUT2D eigenvalue weighted by molar-refractivity contribution is 7.92. The van der Waals surface area contributed by atoms with Crippen molar-refractivity contribution >= 4 is 44.8 Å². The number of nitrogens with zero attached hydrogens (tertiary/aromatic N) is 1. The van der Waals surface area contributed by atoms with Gasteiger partial charge in [0.15, 0.2) is 0 Å². The summed E-state index contributed by atoms with van der Waals surface area (Å²) in [5.74, 6) is -1.24. The van der Waals surface area contributed by atoms with Gasteiger partial charge in [-0.05, 0) is 48.5 Å². The zero-order valence-electron chi connectivity index (χ0n) is 15.6. The van der Waals surface area contributed by atoms with Crippen LogP contribution in [0.1, 0.15) is 22.0 Å². The molecule has 1 atom stereocenters. The molecule has 0 saturated carbocycles. The van der Waals surface area contributed by atoms with E-state index in [2.05, 4.69) is 10.0 Å². The van der Waals surface area contributed by atoms with E-state index in [-0.39, 0.29) is 31.8 Å². The molecular weight excluding hydrogens is 464 g/mol. The SMILES string of the molecule is N#CC(NC(=O)c1ccc(NS(=O)(=O)c2cc(Cl)ccc2Cl)cc1)c1ccccc1F. The number of amides is 1. The third-order valence-corrected chi connectivity index (χ3v) is 6.30. The molecule has 158 valence electrons. The minimum Gasteiger partial charge on any atom is -0.332 e. The Bertz CT molecular complexity index is 1280. The highest BCUT2D eigenvalue weighted by Crippen LogP contribution is 2.27. The molecule has 0 aliphatic carbocycles. The summed E-state index contributed by atoms with van der Waals surface area (Å²) in [7, 11) is -4.02. The van der Waals surface area contributed by atoms with Crippen molar-refractivity contribution in [1.29, 1.82) is 5.26 Å². The lowest BCUT2D eigenvalue weighted by Crippen LogP contribution is -2.28. The number of nitrogens with one attached hydrogen (secondary N) is 2. The van der Waals surface area contributed by atoms with Crippen molar-refractivity contribution in [3.05, 3.63) is 93.7 Å². The number of carbonyl (C=O) groups excluding carboxylic acids is 1. The van der Waals surface area contributed by atoms with Crippen molar-refractivity contribution in [1.82, 2.24) is 5.32 Å². The fourth-order valence-electron chi connectivity index (χ4n) is 2.69. The van der Waals surface area contributed by atoms with Gasteiger partial charge >= 0.3 is 0 Å². The number of carbonyl (C=O) groups is 1. The molecule has 3 aromatic carbocycles. The van der Waals surface area contributed by atoms with Gasteiger partial charge in [0.25, 0.3) is 15.9 Å². The Balaban J connectivity index is 1.75. The van der Waals surface area contributed by atoms with Gasteiger partial charge in [0, 0.05) is 21.8 Å². The van der Waals surface area contributed by atoms with Gasteiger partial charge in [0.1, 0.15) is 16.8 Å². The Kier molecular flexibility index (Phi) is 6.81. The number of hydrogen-bond donors (Lipinski definition) is 2. The Morgan fingerprint density at radius 3 is 2.35 bits per heavy atom. The van der Waals surface area contributed by atoms with Crippen LogP contribution in [0, 0.1) is 17.1 Å². The molecule has 6 nitrogen and oxygen atoms in total. The van der Waals surface area contributed by atoms with Crippen molar-refractivity contribution in [2.24, 2.45) is 0 Å². The molecule has 2 N–H and O–H groups in total. The molecule has 1 amide bonds. The van der Waals surface area contributed by atoms with Gasteiger partial charge in [0.05, 0.1) is 11.1 Å². The Morgan fingerprint density at radius 1 is 1.03 bits per heavy atom. The maximum Gasteiger partial charge on any atom is 0.263 e. The number of anilines is 1. The van der Waals surface area contributed by atoms with Crippen molar-refractivity contribution < 1.29 is 17.6 Å². The van der Waals surface area contributed by atoms with E-state index >= 15 is 0 Å². The van der Waals surface area contributed by atoms with Gasteiger partial charge in [-0.1, -0.05) is 41.4 Å². The summed E-state index contributed by atoms with van der Waals surface area (Å²) >= 11 is 11.8. The molecule has 0 fully saturated rings. The summed E-state index contributed by atoms with van der Waals surface area (Å²) in [6.07, 6.45) is 0. The third-order valence-electron chi connectivity index (χ3n) is 4.20. The maximum atomic E-state index is 13.9. The molecule has 0 saturated heterocycles. The van der Waals surface area contributed by atoms with Crippen molar-refractivity contribution in [3.8, 4) is 6.07 Å². The second kappa shape index (κ2) is 9.35. The molecule has 0 aromatic heterocycles. The summed E-state index contributed by atoms with van der Waals surface area (Å²) in [5, 5.41) is 11.9. The molecule has 0 radical (unpaired) electrons. The summed E-state index contributed by atoms with van der Waals surface area (Å²) in [4.78, 5) is 12.3. The number of hydrogen-bond acceptors (Lipinski definition) is 4. The average molecular weight is 478 g/mol. The van der Waals surface area contributed by atoms with E-state index in [0.717, 1.165) is 0 Å². The smallest absolute Gasteiger partial charge is 0.263 e. The van der Waals surface area contributed by atoms with Crippen LogP contribution in [0.2, 0.25) is 10.0 Å². The topological polar surface area (TPSA) is 99.1 Å². The summed E-state index contributed by atoms with van der Waals surface area (Å²) < 4.78 is 41.4. The van der Waals surface area contributed by atoms with Crippen LogP contribution < -0.4 is 10.0 Å². The predicted molar refractivity (Wildman–Crippen MR) is 116 cm³/mol. The van der Waals surface area contributed by atoms with E-state index in [9.17, 15) is 22.9 Å². The highest BCUT2D eigenvalue weighted by atomic mass is 35.5. The van der Waals surface area contributed by atoms with Crippen molar-refractivity contribution in [3.63, 3.8) is 0 Å². The second-order valence-corrected chi connectivity index (χ2v) is 8.81. The molecule has 3 aromatic rings. The minimum atomic E-state index is -4.02. The van der Waals surface area contributed by atoms with Crippen LogP contribution in [0.3, 0.4) is 0 Å². The van der Waals surface area contributed by atoms with E-state index in [0.29, 0.717) is 0 Å². The van der Waals surface area contributed by atoms with Crippen LogP contribution in [0.4, 0.5) is 10.1 Å². The van der Waals surface area contributed by atoms with Gasteiger partial charge in [-0.25, -0.2) is 12.8 Å². The molecule has 0 aliphatic rings. The molecule has 1 unspecified atom stereocenters. The van der Waals surface area contributed by atoms with Gasteiger partial charge in [0.2, 0.25) is 0 Å². The van der Waals surface area contributed by atoms with Crippen LogP contribution in [0.25, 0.3) is 0 Å². The number of sulfonamides is 1. The molecule has 0 spiro atoms. The second-order valence-electron chi connectivity index (χ2n) is 6.31. The van der Waals surface area contributed by atoms with Crippen LogP contribution in [-0.4, -0.2) is 14.3 Å². The van der Waals surface area contributed by atoms with E-state index in [1.807, 2.05) is 6.07 Å². The van der Waals surface area contributed by atoms with E-state index in [4.69, 9.17) is 23.2 Å². The van der Waals surface area contributed by atoms with E-state index in [1.54, 1.807) is 6.07 Å². The lowest BCUT2D eigenvalue weighted by atomic mass is 10.1. The summed E-state index contributed by atoms with van der Waals surface area (Å²) in [6, 6.07) is 15.8. The van der Waals surface area contributed by atoms with Gasteiger partial charge in [-0.15, -0.1) is 0 Å². The molecule has 31 heavy (non-hydrogen) atoms. The molecule has 0 bridgehead atoms. The van der Waals surface area contributed by atoms with Crippen LogP contribution in [-0.2, 0) is 10.0 Å². The summed E-state index contributed by atoms with van der Waals surface area (Å²) in [5.41, 5.74) is 0.375. The standard InChI is InChI=1S/C21H14Cl2FN3O3S/c22-14-7-10-17(23)20(11-14)31(29,30)27-15-8-5-13(6-9-15)21(28)26-19(12-25)16-3-1-2-4-18(16)24/h1-11,19,27H,(H,26,28). The first-order valence-electron chi connectivity index (χ1n) is 8.74. The maximum absolute atomic E-state index is 13.9. The molecule has 3 rings (SSSR count). The largest absolute Gasteiger partial charge is 0.332 e. The minimum absolute atomic E-state index is 0.00332. The molecule has 0 heterocycles. The lowest BCUT2D eigenvalue weighted by Gasteiger charge is -2.13. The normalized spacial score (nSPS) is 11.9. The quantitative estimate of drug-likeness (QED) is 0.525. The Labute approximate surface area is 188 Å². The van der Waals surface area contributed by atoms with Crippen molar-refractivity contribution in [2.75, 3.05) is 4.72 Å². The fraction of sp³-hybridized carbons (Fsp3) is 0.0476. The van der Waals surface area contributed by atoms with Crippen molar-refractivity contribution in [2.45, 2.75) is 10.9 Å². The van der Waals surface area contributed by atoms with Crippen LogP contribution in [0.15, 0.2) is 71.6 Å². The van der Waals surface area contributed by atoms with E-state index in [1.165, 1.54) is 60.7 Å². The van der Waals surface area contributed by atoms with Crippen LogP contribution in [0.5, 0.6) is 0 Å². The van der Waals surface area contributed by atoms with Gasteiger partial charge < -0.3 is 5.32 Å². The zero-order valence-corrected chi connectivity index (χ0v) is 18.0. The predicted octanol–water partition coefficient (Wildman–Crippen LogP) is 4.93. The number of halogens is 3. The first-order chi connectivity index (χ1) is 14.7. The zero-order chi connectivity index (χ0) is 22.6. The molecular formula is C21H14Cl2FN3O3S. The molecule has 0 aliphatic heterocycles. The number of benzene rings is 3. The van der Waals surface area contributed by atoms with Gasteiger partial charge in [-0.3, -0.25) is 9.52 Å². The van der Waals surface area contributed by atoms with Gasteiger partial charge in [-0.2, -0.15) is 5.26 Å². The monoisotopic (exact) mass is 477 g/mol. The summed E-state index contributed by atoms with van der Waals surface area (Å²) in [6.45, 7) is 0.